The lowest BCUT2D eigenvalue weighted by Crippen LogP contribution is -2.41. The third kappa shape index (κ3) is 5.08. The van der Waals surface area contributed by atoms with E-state index in [1.165, 1.54) is 18.2 Å². The van der Waals surface area contributed by atoms with Gasteiger partial charge in [-0.25, -0.2) is 0 Å². The number of amides is 2. The predicted octanol–water partition coefficient (Wildman–Crippen LogP) is 2.97. The summed E-state index contributed by atoms with van der Waals surface area (Å²) in [6, 6.07) is 12.9. The van der Waals surface area contributed by atoms with Crippen LogP contribution in [0.3, 0.4) is 0 Å². The van der Waals surface area contributed by atoms with Gasteiger partial charge in [-0.1, -0.05) is 30.3 Å². The van der Waals surface area contributed by atoms with Crippen molar-refractivity contribution < 1.29 is 22.8 Å². The van der Waals surface area contributed by atoms with Gasteiger partial charge in [0.1, 0.15) is 6.42 Å². The first-order chi connectivity index (χ1) is 12.3. The molecule has 2 aromatic carbocycles. The van der Waals surface area contributed by atoms with E-state index >= 15 is 0 Å². The first kappa shape index (κ1) is 19.0. The summed E-state index contributed by atoms with van der Waals surface area (Å²) in [6.45, 7) is 0. The second-order valence-electron chi connectivity index (χ2n) is 5.37. The summed E-state index contributed by atoms with van der Waals surface area (Å²) >= 11 is 0. The molecule has 0 radical (unpaired) electrons. The zero-order valence-electron chi connectivity index (χ0n) is 13.4. The number of hydrazine groups is 1. The molecule has 0 spiro atoms. The highest BCUT2D eigenvalue weighted by molar-refractivity contribution is 5.96. The van der Waals surface area contributed by atoms with Crippen molar-refractivity contribution in [3.05, 3.63) is 70.8 Å². The summed E-state index contributed by atoms with van der Waals surface area (Å²) in [4.78, 5) is 23.4. The highest BCUT2D eigenvalue weighted by atomic mass is 19.4. The van der Waals surface area contributed by atoms with E-state index in [0.29, 0.717) is 11.1 Å². The van der Waals surface area contributed by atoms with Crippen LogP contribution in [-0.4, -0.2) is 11.8 Å². The molecule has 2 N–H and O–H groups in total. The molecule has 0 saturated carbocycles. The number of carbonyl (C=O) groups is 2. The molecule has 2 aromatic rings. The van der Waals surface area contributed by atoms with Crippen LogP contribution in [0.25, 0.3) is 0 Å². The molecule has 5 nitrogen and oxygen atoms in total. The fourth-order valence-electron chi connectivity index (χ4n) is 2.24. The van der Waals surface area contributed by atoms with E-state index in [1.54, 1.807) is 24.3 Å². The van der Waals surface area contributed by atoms with Gasteiger partial charge in [0.15, 0.2) is 0 Å². The Labute approximate surface area is 147 Å². The van der Waals surface area contributed by atoms with Crippen LogP contribution in [0.15, 0.2) is 48.5 Å². The van der Waals surface area contributed by atoms with Gasteiger partial charge < -0.3 is 0 Å². The SMILES string of the molecule is N#CCC(=O)NNC(=O)c1ccccc1Cc1ccc(C(F)(F)F)cc1. The molecule has 0 atom stereocenters. The Morgan fingerprint density at radius 2 is 1.65 bits per heavy atom. The first-order valence-electron chi connectivity index (χ1n) is 7.51. The Morgan fingerprint density at radius 3 is 2.27 bits per heavy atom. The van der Waals surface area contributed by atoms with Gasteiger partial charge in [-0.3, -0.25) is 20.4 Å². The van der Waals surface area contributed by atoms with Crippen molar-refractivity contribution in [2.75, 3.05) is 0 Å². The Bertz CT molecular complexity index is 840. The fraction of sp³-hybridized carbons (Fsp3) is 0.167. The molecule has 0 aromatic heterocycles. The number of hydrogen-bond acceptors (Lipinski definition) is 3. The maximum Gasteiger partial charge on any atom is 0.416 e. The molecule has 0 fully saturated rings. The van der Waals surface area contributed by atoms with Gasteiger partial charge in [0.25, 0.3) is 11.8 Å². The number of hydrogen-bond donors (Lipinski definition) is 2. The van der Waals surface area contributed by atoms with E-state index < -0.39 is 30.0 Å². The van der Waals surface area contributed by atoms with Gasteiger partial charge in [-0.2, -0.15) is 18.4 Å². The van der Waals surface area contributed by atoms with E-state index in [4.69, 9.17) is 5.26 Å². The summed E-state index contributed by atoms with van der Waals surface area (Å²) in [6.07, 6.45) is -4.56. The van der Waals surface area contributed by atoms with Gasteiger partial charge in [-0.15, -0.1) is 0 Å². The highest BCUT2D eigenvalue weighted by Crippen LogP contribution is 2.29. The number of nitrogens with zero attached hydrogens (tertiary/aromatic N) is 1. The maximum atomic E-state index is 12.6. The minimum atomic E-state index is -4.40. The second kappa shape index (κ2) is 8.16. The smallest absolute Gasteiger partial charge is 0.272 e. The molecule has 0 aliphatic carbocycles. The lowest BCUT2D eigenvalue weighted by molar-refractivity contribution is -0.137. The zero-order valence-corrected chi connectivity index (χ0v) is 13.4. The van der Waals surface area contributed by atoms with Crippen LogP contribution in [-0.2, 0) is 17.4 Å². The van der Waals surface area contributed by atoms with Crippen molar-refractivity contribution in [2.24, 2.45) is 0 Å². The number of nitrogens with one attached hydrogen (secondary N) is 2. The topological polar surface area (TPSA) is 82.0 Å². The normalized spacial score (nSPS) is 10.7. The van der Waals surface area contributed by atoms with E-state index in [2.05, 4.69) is 10.9 Å². The number of halogens is 3. The molecule has 0 bridgehead atoms. The molecular formula is C18H14F3N3O2. The number of carbonyl (C=O) groups excluding carboxylic acids is 2. The monoisotopic (exact) mass is 361 g/mol. The maximum absolute atomic E-state index is 12.6. The molecule has 26 heavy (non-hydrogen) atoms. The van der Waals surface area contributed by atoms with Crippen molar-refractivity contribution in [1.82, 2.24) is 10.9 Å². The highest BCUT2D eigenvalue weighted by Gasteiger charge is 2.29. The van der Waals surface area contributed by atoms with Crippen molar-refractivity contribution in [2.45, 2.75) is 19.0 Å². The van der Waals surface area contributed by atoms with Crippen LogP contribution in [0, 0.1) is 11.3 Å². The number of alkyl halides is 3. The molecule has 2 rings (SSSR count). The molecule has 0 aliphatic heterocycles. The van der Waals surface area contributed by atoms with E-state index in [9.17, 15) is 22.8 Å². The number of benzene rings is 2. The van der Waals surface area contributed by atoms with E-state index in [-0.39, 0.29) is 12.0 Å². The van der Waals surface area contributed by atoms with Crippen LogP contribution in [0.1, 0.15) is 33.5 Å². The minimum absolute atomic E-state index is 0.244. The average Bonchev–Trinajstić information content (AvgIpc) is 2.60. The average molecular weight is 361 g/mol. The van der Waals surface area contributed by atoms with Crippen LogP contribution >= 0.6 is 0 Å². The van der Waals surface area contributed by atoms with Gasteiger partial charge >= 0.3 is 6.18 Å². The van der Waals surface area contributed by atoms with Crippen LogP contribution < -0.4 is 10.9 Å². The zero-order chi connectivity index (χ0) is 19.2. The molecule has 0 aliphatic rings. The quantitative estimate of drug-likeness (QED) is 0.822. The summed E-state index contributed by atoms with van der Waals surface area (Å²) < 4.78 is 37.8. The third-order valence-corrected chi connectivity index (χ3v) is 3.49. The first-order valence-corrected chi connectivity index (χ1v) is 7.51. The molecule has 0 unspecified atom stereocenters. The van der Waals surface area contributed by atoms with Crippen molar-refractivity contribution in [1.29, 1.82) is 5.26 Å². The second-order valence-corrected chi connectivity index (χ2v) is 5.37. The van der Waals surface area contributed by atoms with Crippen LogP contribution in [0.5, 0.6) is 0 Å². The van der Waals surface area contributed by atoms with Gasteiger partial charge in [0.2, 0.25) is 0 Å². The minimum Gasteiger partial charge on any atom is -0.272 e. The summed E-state index contributed by atoms with van der Waals surface area (Å²) in [7, 11) is 0. The largest absolute Gasteiger partial charge is 0.416 e. The summed E-state index contributed by atoms with van der Waals surface area (Å²) in [5, 5.41) is 8.40. The fourth-order valence-corrected chi connectivity index (χ4v) is 2.24. The molecule has 0 saturated heterocycles. The Hall–Kier alpha value is -3.34. The Morgan fingerprint density at radius 1 is 1.00 bits per heavy atom. The molecule has 8 heteroatoms. The van der Waals surface area contributed by atoms with Gasteiger partial charge in [0, 0.05) is 5.56 Å². The molecule has 2 amide bonds. The lowest BCUT2D eigenvalue weighted by Gasteiger charge is -2.11. The third-order valence-electron chi connectivity index (χ3n) is 3.49. The molecular weight excluding hydrogens is 347 g/mol. The molecule has 0 heterocycles. The predicted molar refractivity (Wildman–Crippen MR) is 86.5 cm³/mol. The van der Waals surface area contributed by atoms with E-state index in [0.717, 1.165) is 12.1 Å². The Balaban J connectivity index is 2.12. The number of nitriles is 1. The van der Waals surface area contributed by atoms with Crippen molar-refractivity contribution in [3.63, 3.8) is 0 Å². The lowest BCUT2D eigenvalue weighted by atomic mass is 9.98. The van der Waals surface area contributed by atoms with Crippen molar-refractivity contribution >= 4 is 11.8 Å². The van der Waals surface area contributed by atoms with Gasteiger partial charge in [-0.05, 0) is 35.7 Å². The van der Waals surface area contributed by atoms with Crippen molar-refractivity contribution in [3.8, 4) is 6.07 Å². The van der Waals surface area contributed by atoms with Gasteiger partial charge in [0.05, 0.1) is 11.6 Å². The van der Waals surface area contributed by atoms with Crippen LogP contribution in [0.4, 0.5) is 13.2 Å². The molecule has 134 valence electrons. The van der Waals surface area contributed by atoms with E-state index in [1.807, 2.05) is 0 Å². The number of rotatable bonds is 4. The summed E-state index contributed by atoms with van der Waals surface area (Å²) in [5.41, 5.74) is 5.02. The summed E-state index contributed by atoms with van der Waals surface area (Å²) in [5.74, 6) is -1.24. The standard InChI is InChI=1S/C18H14F3N3O2/c19-18(20,21)14-7-5-12(6-8-14)11-13-3-1-2-4-15(13)17(26)24-23-16(25)9-10-22/h1-8H,9,11H2,(H,23,25)(H,24,26). The Kier molecular flexibility index (Phi) is 5.96. The van der Waals surface area contributed by atoms with Crippen LogP contribution in [0.2, 0.25) is 0 Å².